The Balaban J connectivity index is 1.88. The SMILES string of the molecule is CCOC(=O)[C@H]1CCC[NH+](CC(=O)Nc2ccc(C)cc2F)C1. The van der Waals surface area contributed by atoms with E-state index >= 15 is 0 Å². The average Bonchev–Trinajstić information content (AvgIpc) is 2.50. The summed E-state index contributed by atoms with van der Waals surface area (Å²) in [5.41, 5.74) is 0.999. The lowest BCUT2D eigenvalue weighted by atomic mass is 9.98. The molecule has 23 heavy (non-hydrogen) atoms. The average molecular weight is 323 g/mol. The van der Waals surface area contributed by atoms with Crippen LogP contribution in [0, 0.1) is 18.7 Å². The summed E-state index contributed by atoms with van der Waals surface area (Å²) in [6.45, 7) is 5.60. The van der Waals surface area contributed by atoms with E-state index in [2.05, 4.69) is 5.32 Å². The van der Waals surface area contributed by atoms with Gasteiger partial charge in [0, 0.05) is 0 Å². The molecule has 1 aliphatic heterocycles. The molecule has 0 aliphatic carbocycles. The van der Waals surface area contributed by atoms with Crippen LogP contribution in [0.15, 0.2) is 18.2 Å². The van der Waals surface area contributed by atoms with Gasteiger partial charge in [-0.1, -0.05) is 6.07 Å². The molecule has 2 rings (SSSR count). The summed E-state index contributed by atoms with van der Waals surface area (Å²) >= 11 is 0. The number of carbonyl (C=O) groups excluding carboxylic acids is 2. The molecule has 0 saturated carbocycles. The number of carbonyl (C=O) groups is 2. The van der Waals surface area contributed by atoms with E-state index in [1.54, 1.807) is 26.0 Å². The largest absolute Gasteiger partial charge is 0.466 e. The van der Waals surface area contributed by atoms with Crippen LogP contribution in [0.5, 0.6) is 0 Å². The van der Waals surface area contributed by atoms with E-state index in [-0.39, 0.29) is 30.0 Å². The van der Waals surface area contributed by atoms with Crippen molar-refractivity contribution in [2.75, 3.05) is 31.6 Å². The van der Waals surface area contributed by atoms with Gasteiger partial charge in [-0.2, -0.15) is 0 Å². The number of hydrogen-bond donors (Lipinski definition) is 2. The summed E-state index contributed by atoms with van der Waals surface area (Å²) in [7, 11) is 0. The van der Waals surface area contributed by atoms with Crippen molar-refractivity contribution >= 4 is 17.6 Å². The van der Waals surface area contributed by atoms with Crippen molar-refractivity contribution in [3.63, 3.8) is 0 Å². The van der Waals surface area contributed by atoms with E-state index in [0.717, 1.165) is 29.8 Å². The predicted octanol–water partition coefficient (Wildman–Crippen LogP) is 0.931. The molecule has 1 heterocycles. The monoisotopic (exact) mass is 323 g/mol. The Morgan fingerprint density at radius 1 is 1.43 bits per heavy atom. The molecule has 1 aliphatic rings. The molecule has 1 saturated heterocycles. The second-order valence-electron chi connectivity index (χ2n) is 6.00. The molecule has 6 heteroatoms. The van der Waals surface area contributed by atoms with Gasteiger partial charge in [-0.25, -0.2) is 4.39 Å². The van der Waals surface area contributed by atoms with Crippen LogP contribution in [-0.4, -0.2) is 38.1 Å². The van der Waals surface area contributed by atoms with Gasteiger partial charge in [0.25, 0.3) is 5.91 Å². The summed E-state index contributed by atoms with van der Waals surface area (Å²) in [4.78, 5) is 24.9. The van der Waals surface area contributed by atoms with E-state index in [1.165, 1.54) is 6.07 Å². The van der Waals surface area contributed by atoms with E-state index in [0.29, 0.717) is 13.2 Å². The minimum absolute atomic E-state index is 0.150. The maximum Gasteiger partial charge on any atom is 0.314 e. The third-order valence-electron chi connectivity index (χ3n) is 4.05. The first kappa shape index (κ1) is 17.4. The lowest BCUT2D eigenvalue weighted by Gasteiger charge is -2.28. The minimum atomic E-state index is -0.434. The molecule has 2 N–H and O–H groups in total. The number of piperidine rings is 1. The number of nitrogens with one attached hydrogen (secondary N) is 2. The molecule has 0 bridgehead atoms. The topological polar surface area (TPSA) is 59.8 Å². The first-order valence-electron chi connectivity index (χ1n) is 8.05. The number of aryl methyl sites for hydroxylation is 1. The fourth-order valence-electron chi connectivity index (χ4n) is 2.92. The highest BCUT2D eigenvalue weighted by Gasteiger charge is 2.30. The van der Waals surface area contributed by atoms with Gasteiger partial charge in [0.15, 0.2) is 6.54 Å². The molecular weight excluding hydrogens is 299 g/mol. The molecule has 1 aromatic carbocycles. The minimum Gasteiger partial charge on any atom is -0.466 e. The number of hydrogen-bond acceptors (Lipinski definition) is 3. The van der Waals surface area contributed by atoms with Crippen LogP contribution in [0.4, 0.5) is 10.1 Å². The van der Waals surface area contributed by atoms with Crippen molar-refractivity contribution in [1.82, 2.24) is 0 Å². The third-order valence-corrected chi connectivity index (χ3v) is 4.05. The van der Waals surface area contributed by atoms with Gasteiger partial charge < -0.3 is 15.0 Å². The maximum absolute atomic E-state index is 13.8. The van der Waals surface area contributed by atoms with Gasteiger partial charge in [-0.3, -0.25) is 9.59 Å². The number of quaternary nitrogens is 1. The van der Waals surface area contributed by atoms with Crippen molar-refractivity contribution in [3.8, 4) is 0 Å². The Morgan fingerprint density at radius 3 is 2.91 bits per heavy atom. The molecule has 1 aromatic rings. The quantitative estimate of drug-likeness (QED) is 0.793. The number of amides is 1. The standard InChI is InChI=1S/C17H23FN2O3/c1-3-23-17(22)13-5-4-8-20(10-13)11-16(21)19-15-7-6-12(2)9-14(15)18/h6-7,9,13H,3-5,8,10-11H2,1-2H3,(H,19,21)/p+1/t13-/m0/s1. The van der Waals surface area contributed by atoms with Crippen LogP contribution in [0.3, 0.4) is 0 Å². The van der Waals surface area contributed by atoms with Crippen molar-refractivity contribution in [2.24, 2.45) is 5.92 Å². The van der Waals surface area contributed by atoms with Gasteiger partial charge in [0.2, 0.25) is 0 Å². The summed E-state index contributed by atoms with van der Waals surface area (Å²) in [6.07, 6.45) is 1.68. The summed E-state index contributed by atoms with van der Waals surface area (Å²) in [5, 5.41) is 2.60. The van der Waals surface area contributed by atoms with Crippen LogP contribution >= 0.6 is 0 Å². The first-order chi connectivity index (χ1) is 11.0. The fraction of sp³-hybridized carbons (Fsp3) is 0.529. The van der Waals surface area contributed by atoms with Crippen LogP contribution in [0.1, 0.15) is 25.3 Å². The molecule has 0 aromatic heterocycles. The van der Waals surface area contributed by atoms with Crippen molar-refractivity contribution in [1.29, 1.82) is 0 Å². The van der Waals surface area contributed by atoms with Crippen molar-refractivity contribution in [3.05, 3.63) is 29.6 Å². The van der Waals surface area contributed by atoms with Gasteiger partial charge in [0.1, 0.15) is 11.7 Å². The normalized spacial score (nSPS) is 20.8. The zero-order chi connectivity index (χ0) is 16.8. The first-order valence-corrected chi connectivity index (χ1v) is 8.05. The number of esters is 1. The Morgan fingerprint density at radius 2 is 2.22 bits per heavy atom. The summed E-state index contributed by atoms with van der Waals surface area (Å²) in [6, 6.07) is 4.71. The zero-order valence-corrected chi connectivity index (χ0v) is 13.7. The lowest BCUT2D eigenvalue weighted by Crippen LogP contribution is -3.14. The summed E-state index contributed by atoms with van der Waals surface area (Å²) in [5.74, 6) is -1.01. The molecule has 1 fully saturated rings. The van der Waals surface area contributed by atoms with E-state index < -0.39 is 5.82 Å². The molecule has 1 unspecified atom stereocenters. The summed E-state index contributed by atoms with van der Waals surface area (Å²) < 4.78 is 18.8. The van der Waals surface area contributed by atoms with Crippen LogP contribution in [-0.2, 0) is 14.3 Å². The van der Waals surface area contributed by atoms with Crippen LogP contribution in [0.2, 0.25) is 0 Å². The molecular formula is C17H24FN2O3+. The van der Waals surface area contributed by atoms with Gasteiger partial charge in [-0.05, 0) is 44.4 Å². The lowest BCUT2D eigenvalue weighted by molar-refractivity contribution is -0.899. The number of anilines is 1. The number of ether oxygens (including phenoxy) is 1. The maximum atomic E-state index is 13.8. The molecule has 2 atom stereocenters. The number of likely N-dealkylation sites (tertiary alicyclic amines) is 1. The fourth-order valence-corrected chi connectivity index (χ4v) is 2.92. The van der Waals surface area contributed by atoms with Gasteiger partial charge >= 0.3 is 5.97 Å². The Bertz CT molecular complexity index is 577. The van der Waals surface area contributed by atoms with E-state index in [1.807, 2.05) is 0 Å². The smallest absolute Gasteiger partial charge is 0.314 e. The van der Waals surface area contributed by atoms with E-state index in [9.17, 15) is 14.0 Å². The van der Waals surface area contributed by atoms with Crippen LogP contribution < -0.4 is 10.2 Å². The van der Waals surface area contributed by atoms with Crippen molar-refractivity contribution < 1.29 is 23.6 Å². The molecule has 5 nitrogen and oxygen atoms in total. The van der Waals surface area contributed by atoms with Crippen molar-refractivity contribution in [2.45, 2.75) is 26.7 Å². The number of rotatable bonds is 5. The second-order valence-corrected chi connectivity index (χ2v) is 6.00. The van der Waals surface area contributed by atoms with Gasteiger partial charge in [0.05, 0.1) is 25.4 Å². The Kier molecular flexibility index (Phi) is 6.10. The molecule has 0 spiro atoms. The molecule has 0 radical (unpaired) electrons. The highest BCUT2D eigenvalue weighted by molar-refractivity contribution is 5.91. The molecule has 1 amide bonds. The zero-order valence-electron chi connectivity index (χ0n) is 13.7. The predicted molar refractivity (Wildman–Crippen MR) is 84.7 cm³/mol. The Labute approximate surface area is 135 Å². The second kappa shape index (κ2) is 8.06. The highest BCUT2D eigenvalue weighted by Crippen LogP contribution is 2.15. The van der Waals surface area contributed by atoms with Gasteiger partial charge in [-0.15, -0.1) is 0 Å². The van der Waals surface area contributed by atoms with Crippen LogP contribution in [0.25, 0.3) is 0 Å². The Hall–Kier alpha value is -1.95. The molecule has 126 valence electrons. The highest BCUT2D eigenvalue weighted by atomic mass is 19.1. The number of benzene rings is 1. The number of halogens is 1. The third kappa shape index (κ3) is 5.03. The van der Waals surface area contributed by atoms with E-state index in [4.69, 9.17) is 4.74 Å².